The lowest BCUT2D eigenvalue weighted by Gasteiger charge is -2.14. The Kier molecular flexibility index (Phi) is 4.06. The highest BCUT2D eigenvalue weighted by molar-refractivity contribution is 7.09. The molecular weight excluding hydrogens is 266 g/mol. The largest absolute Gasteiger partial charge is 0.271 e. The zero-order valence-electron chi connectivity index (χ0n) is 10.7. The molecule has 18 heavy (non-hydrogen) atoms. The molecule has 1 atom stereocenters. The van der Waals surface area contributed by atoms with Gasteiger partial charge in [-0.25, -0.2) is 4.98 Å². The van der Waals surface area contributed by atoms with Crippen LogP contribution in [-0.4, -0.2) is 14.6 Å². The zero-order chi connectivity index (χ0) is 13.2. The summed E-state index contributed by atoms with van der Waals surface area (Å²) in [6, 6.07) is 0.0315. The number of aromatic nitrogens is 3. The van der Waals surface area contributed by atoms with Crippen molar-refractivity contribution in [1.82, 2.24) is 20.0 Å². The number of rotatable bonds is 4. The summed E-state index contributed by atoms with van der Waals surface area (Å²) in [6.45, 7) is 6.49. The smallest absolute Gasteiger partial charge is 0.0948 e. The third-order valence-electron chi connectivity index (χ3n) is 2.62. The molecule has 0 aliphatic heterocycles. The van der Waals surface area contributed by atoms with Gasteiger partial charge in [0, 0.05) is 17.2 Å². The van der Waals surface area contributed by atoms with Gasteiger partial charge in [-0.3, -0.25) is 11.3 Å². The maximum atomic E-state index is 5.58. The molecule has 2 aromatic heterocycles. The maximum absolute atomic E-state index is 5.58. The van der Waals surface area contributed by atoms with Crippen molar-refractivity contribution in [2.24, 2.45) is 5.84 Å². The maximum Gasteiger partial charge on any atom is 0.0948 e. The van der Waals surface area contributed by atoms with Crippen LogP contribution in [0.2, 0.25) is 0 Å². The van der Waals surface area contributed by atoms with Gasteiger partial charge in [-0.15, -0.1) is 16.4 Å². The van der Waals surface area contributed by atoms with Crippen LogP contribution in [0.1, 0.15) is 42.4 Å². The van der Waals surface area contributed by atoms with E-state index in [2.05, 4.69) is 46.1 Å². The van der Waals surface area contributed by atoms with E-state index in [1.807, 2.05) is 0 Å². The second kappa shape index (κ2) is 5.40. The molecule has 0 fully saturated rings. The zero-order valence-corrected chi connectivity index (χ0v) is 12.3. The van der Waals surface area contributed by atoms with Crippen molar-refractivity contribution in [3.05, 3.63) is 27.2 Å². The fraction of sp³-hybridized carbons (Fsp3) is 0.545. The summed E-state index contributed by atoms with van der Waals surface area (Å²) < 4.78 is 3.86. The molecule has 2 rings (SSSR count). The van der Waals surface area contributed by atoms with Gasteiger partial charge in [-0.05, 0) is 11.5 Å². The molecule has 0 aliphatic rings. The number of hydrazine groups is 1. The lowest BCUT2D eigenvalue weighted by atomic mass is 9.93. The van der Waals surface area contributed by atoms with E-state index in [4.69, 9.17) is 5.84 Å². The lowest BCUT2D eigenvalue weighted by molar-refractivity contribution is 0.546. The van der Waals surface area contributed by atoms with E-state index in [-0.39, 0.29) is 11.5 Å². The summed E-state index contributed by atoms with van der Waals surface area (Å²) >= 11 is 3.03. The first kappa shape index (κ1) is 13.5. The minimum absolute atomic E-state index is 0.0315. The van der Waals surface area contributed by atoms with Crippen molar-refractivity contribution < 1.29 is 0 Å². The van der Waals surface area contributed by atoms with E-state index in [0.717, 1.165) is 22.0 Å². The molecule has 0 saturated carbocycles. The second-order valence-electron chi connectivity index (χ2n) is 5.12. The Morgan fingerprint density at radius 1 is 1.44 bits per heavy atom. The average Bonchev–Trinajstić information content (AvgIpc) is 2.95. The molecule has 0 saturated heterocycles. The van der Waals surface area contributed by atoms with Gasteiger partial charge >= 0.3 is 0 Å². The fourth-order valence-electron chi connectivity index (χ4n) is 1.49. The van der Waals surface area contributed by atoms with E-state index in [9.17, 15) is 0 Å². The topological polar surface area (TPSA) is 76.7 Å². The number of hydrogen-bond donors (Lipinski definition) is 2. The summed E-state index contributed by atoms with van der Waals surface area (Å²) in [6.07, 6.45) is 2.51. The van der Waals surface area contributed by atoms with Crippen LogP contribution in [-0.2, 0) is 11.8 Å². The molecular formula is C11H17N5S2. The Labute approximate surface area is 115 Å². The van der Waals surface area contributed by atoms with Crippen LogP contribution in [0.25, 0.3) is 0 Å². The standard InChI is InChI=1S/C11H17N5S2/c1-11(2,3)9-6-17-10(14-9)4-7(15-12)8-5-13-16-18-8/h5-7,15H,4,12H2,1-3H3. The second-order valence-corrected chi connectivity index (χ2v) is 6.88. The van der Waals surface area contributed by atoms with E-state index in [0.29, 0.717) is 0 Å². The highest BCUT2D eigenvalue weighted by Gasteiger charge is 2.20. The fourth-order valence-corrected chi connectivity index (χ4v) is 3.12. The number of thiazole rings is 1. The monoisotopic (exact) mass is 283 g/mol. The predicted molar refractivity (Wildman–Crippen MR) is 74.5 cm³/mol. The Bertz CT molecular complexity index is 486. The first-order valence-corrected chi connectivity index (χ1v) is 7.34. The van der Waals surface area contributed by atoms with Crippen molar-refractivity contribution in [1.29, 1.82) is 0 Å². The van der Waals surface area contributed by atoms with Gasteiger partial charge in [0.1, 0.15) is 0 Å². The highest BCUT2D eigenvalue weighted by atomic mass is 32.1. The molecule has 0 amide bonds. The van der Waals surface area contributed by atoms with E-state index in [1.54, 1.807) is 17.5 Å². The Balaban J connectivity index is 2.11. The quantitative estimate of drug-likeness (QED) is 0.663. The first-order valence-electron chi connectivity index (χ1n) is 5.69. The average molecular weight is 283 g/mol. The van der Waals surface area contributed by atoms with Crippen LogP contribution in [0.5, 0.6) is 0 Å². The molecule has 0 aromatic carbocycles. The van der Waals surface area contributed by atoms with Crippen LogP contribution in [0, 0.1) is 0 Å². The van der Waals surface area contributed by atoms with Crippen LogP contribution in [0.3, 0.4) is 0 Å². The summed E-state index contributed by atoms with van der Waals surface area (Å²) in [7, 11) is 0. The lowest BCUT2D eigenvalue weighted by Crippen LogP contribution is -2.29. The molecule has 0 spiro atoms. The molecule has 5 nitrogen and oxygen atoms in total. The van der Waals surface area contributed by atoms with Crippen LogP contribution < -0.4 is 11.3 Å². The van der Waals surface area contributed by atoms with Gasteiger partial charge in [0.15, 0.2) is 0 Å². The number of nitrogens with one attached hydrogen (secondary N) is 1. The number of nitrogens with two attached hydrogens (primary N) is 1. The molecule has 3 N–H and O–H groups in total. The molecule has 1 unspecified atom stereocenters. The third kappa shape index (κ3) is 3.11. The minimum atomic E-state index is 0.0315. The number of hydrogen-bond acceptors (Lipinski definition) is 7. The van der Waals surface area contributed by atoms with Gasteiger partial charge in [-0.1, -0.05) is 25.3 Å². The van der Waals surface area contributed by atoms with Crippen LogP contribution in [0.15, 0.2) is 11.6 Å². The molecule has 98 valence electrons. The van der Waals surface area contributed by atoms with Crippen LogP contribution >= 0.6 is 22.9 Å². The van der Waals surface area contributed by atoms with Gasteiger partial charge in [0.05, 0.1) is 27.8 Å². The molecule has 2 heterocycles. The molecule has 0 bridgehead atoms. The normalized spacial score (nSPS) is 13.8. The van der Waals surface area contributed by atoms with E-state index < -0.39 is 0 Å². The highest BCUT2D eigenvalue weighted by Crippen LogP contribution is 2.27. The van der Waals surface area contributed by atoms with Crippen molar-refractivity contribution in [2.45, 2.75) is 38.6 Å². The van der Waals surface area contributed by atoms with Gasteiger partial charge < -0.3 is 0 Å². The SMILES string of the molecule is CC(C)(C)c1csc(CC(NN)c2cnns2)n1. The van der Waals surface area contributed by atoms with Crippen molar-refractivity contribution in [2.75, 3.05) is 0 Å². The van der Waals surface area contributed by atoms with Gasteiger partial charge in [0.25, 0.3) is 0 Å². The predicted octanol–water partition coefficient (Wildman–Crippen LogP) is 2.04. The summed E-state index contributed by atoms with van der Waals surface area (Å²) in [4.78, 5) is 5.70. The molecule has 0 radical (unpaired) electrons. The summed E-state index contributed by atoms with van der Waals surface area (Å²) in [5, 5.41) is 7.03. The van der Waals surface area contributed by atoms with E-state index in [1.165, 1.54) is 11.5 Å². The third-order valence-corrected chi connectivity index (χ3v) is 4.27. The van der Waals surface area contributed by atoms with Gasteiger partial charge in [-0.2, -0.15) is 0 Å². The van der Waals surface area contributed by atoms with Gasteiger partial charge in [0.2, 0.25) is 0 Å². The Morgan fingerprint density at radius 2 is 2.22 bits per heavy atom. The Morgan fingerprint density at radius 3 is 2.72 bits per heavy atom. The summed E-state index contributed by atoms with van der Waals surface area (Å²) in [5.74, 6) is 5.58. The number of nitrogens with zero attached hydrogens (tertiary/aromatic N) is 3. The van der Waals surface area contributed by atoms with Crippen LogP contribution in [0.4, 0.5) is 0 Å². The van der Waals surface area contributed by atoms with Crippen molar-refractivity contribution >= 4 is 22.9 Å². The molecule has 7 heteroatoms. The summed E-state index contributed by atoms with van der Waals surface area (Å²) in [5.41, 5.74) is 4.01. The van der Waals surface area contributed by atoms with E-state index >= 15 is 0 Å². The molecule has 2 aromatic rings. The molecule has 0 aliphatic carbocycles. The first-order chi connectivity index (χ1) is 8.50. The Hall–Kier alpha value is -0.890. The van der Waals surface area contributed by atoms with Crippen molar-refractivity contribution in [3.63, 3.8) is 0 Å². The van der Waals surface area contributed by atoms with Crippen molar-refractivity contribution in [3.8, 4) is 0 Å². The minimum Gasteiger partial charge on any atom is -0.271 e.